The first-order chi connectivity index (χ1) is 37.0. The Balaban J connectivity index is 3.36. The fourth-order valence-electron chi connectivity index (χ4n) is 10.8. The van der Waals surface area contributed by atoms with Crippen molar-refractivity contribution in [2.24, 2.45) is 0 Å². The fraction of sp³-hybridized carbons (Fsp3) is 0.913. The highest BCUT2D eigenvalue weighted by atomic mass is 16.5. The van der Waals surface area contributed by atoms with Crippen LogP contribution < -0.4 is 5.32 Å². The number of ether oxygens (including phenoxy) is 1. The van der Waals surface area contributed by atoms with Gasteiger partial charge in [-0.2, -0.15) is 0 Å². The smallest absolute Gasteiger partial charge is 0.305 e. The van der Waals surface area contributed by atoms with E-state index in [0.717, 1.165) is 44.9 Å². The molecule has 0 rings (SSSR count). The summed E-state index contributed by atoms with van der Waals surface area (Å²) in [4.78, 5) is 24.5. The molecule has 0 bridgehead atoms. The molecule has 0 heterocycles. The highest BCUT2D eigenvalue weighted by molar-refractivity contribution is 5.76. The molecule has 0 fully saturated rings. The van der Waals surface area contributed by atoms with Gasteiger partial charge in [0, 0.05) is 12.8 Å². The average molecular weight is 1060 g/mol. The summed E-state index contributed by atoms with van der Waals surface area (Å²) < 4.78 is 5.50. The Morgan fingerprint density at radius 3 is 1.01 bits per heavy atom. The SMILES string of the molecule is CCCCCCCCCCCCCCCCCCC(=O)OCCCCCCCCCCC/C=C\C/C=C\CCCCCCCCCCCCCCCCCC(=O)NC(CO)C(O)CCCCCCCCCCCCC. The van der Waals surface area contributed by atoms with Crippen LogP contribution in [-0.2, 0) is 14.3 Å². The van der Waals surface area contributed by atoms with E-state index in [1.54, 1.807) is 0 Å². The zero-order valence-corrected chi connectivity index (χ0v) is 50.8. The predicted molar refractivity (Wildman–Crippen MR) is 329 cm³/mol. The second-order valence-corrected chi connectivity index (χ2v) is 23.5. The van der Waals surface area contributed by atoms with E-state index in [1.165, 1.54) is 302 Å². The molecule has 0 saturated carbocycles. The molecule has 2 atom stereocenters. The van der Waals surface area contributed by atoms with Crippen LogP contribution in [0.25, 0.3) is 0 Å². The van der Waals surface area contributed by atoms with Gasteiger partial charge < -0.3 is 20.3 Å². The van der Waals surface area contributed by atoms with Crippen molar-refractivity contribution < 1.29 is 24.5 Å². The number of esters is 1. The summed E-state index contributed by atoms with van der Waals surface area (Å²) in [6.07, 6.45) is 80.8. The minimum absolute atomic E-state index is 0.0171. The zero-order valence-electron chi connectivity index (χ0n) is 50.8. The van der Waals surface area contributed by atoms with Gasteiger partial charge in [0.25, 0.3) is 0 Å². The standard InChI is InChI=1S/C69H133NO5/c1-3-5-7-9-11-13-15-16-17-36-39-43-47-51-55-59-63-69(74)75-64-60-56-52-48-44-40-37-34-32-30-28-26-24-22-20-18-19-21-23-25-27-29-31-33-35-38-42-46-50-54-58-62-68(73)70-66(65-71)67(72)61-57-53-49-45-41-14-12-10-8-6-4-2/h20,22,26,28,66-67,71-72H,3-19,21,23-25,27,29-65H2,1-2H3,(H,70,73)/b22-20-,28-26-. The van der Waals surface area contributed by atoms with Crippen LogP contribution in [0.3, 0.4) is 0 Å². The molecule has 0 aliphatic rings. The molecule has 3 N–H and O–H groups in total. The predicted octanol–water partition coefficient (Wildman–Crippen LogP) is 21.8. The van der Waals surface area contributed by atoms with Gasteiger partial charge in [-0.05, 0) is 57.8 Å². The summed E-state index contributed by atoms with van der Waals surface area (Å²) in [6.45, 7) is 4.97. The summed E-state index contributed by atoms with van der Waals surface area (Å²) in [7, 11) is 0. The lowest BCUT2D eigenvalue weighted by Gasteiger charge is -2.22. The highest BCUT2D eigenvalue weighted by Crippen LogP contribution is 2.18. The van der Waals surface area contributed by atoms with Crippen LogP contribution in [0.1, 0.15) is 380 Å². The Bertz CT molecular complexity index is 1170. The molecule has 0 spiro atoms. The van der Waals surface area contributed by atoms with Gasteiger partial charge in [-0.25, -0.2) is 0 Å². The van der Waals surface area contributed by atoms with Crippen LogP contribution in [0.15, 0.2) is 24.3 Å². The summed E-state index contributed by atoms with van der Waals surface area (Å²) in [5.74, 6) is -0.0166. The van der Waals surface area contributed by atoms with Gasteiger partial charge in [0.2, 0.25) is 5.91 Å². The molecule has 444 valence electrons. The molecule has 2 unspecified atom stereocenters. The Hall–Kier alpha value is -1.66. The maximum absolute atomic E-state index is 12.5. The van der Waals surface area contributed by atoms with Crippen LogP contribution >= 0.6 is 0 Å². The van der Waals surface area contributed by atoms with Crippen molar-refractivity contribution in [1.29, 1.82) is 0 Å². The Kier molecular flexibility index (Phi) is 63.4. The third-order valence-corrected chi connectivity index (χ3v) is 16.0. The molecule has 75 heavy (non-hydrogen) atoms. The minimum atomic E-state index is -0.662. The number of hydrogen-bond donors (Lipinski definition) is 3. The van der Waals surface area contributed by atoms with Gasteiger partial charge >= 0.3 is 5.97 Å². The second kappa shape index (κ2) is 64.9. The van der Waals surface area contributed by atoms with Crippen LogP contribution in [0.4, 0.5) is 0 Å². The Morgan fingerprint density at radius 1 is 0.373 bits per heavy atom. The number of hydrogen-bond acceptors (Lipinski definition) is 5. The van der Waals surface area contributed by atoms with E-state index < -0.39 is 12.1 Å². The van der Waals surface area contributed by atoms with Gasteiger partial charge in [-0.15, -0.1) is 0 Å². The summed E-state index contributed by atoms with van der Waals surface area (Å²) in [5.41, 5.74) is 0. The first kappa shape index (κ1) is 73.3. The number of aliphatic hydroxyl groups excluding tert-OH is 2. The van der Waals surface area contributed by atoms with Crippen molar-refractivity contribution >= 4 is 11.9 Å². The second-order valence-electron chi connectivity index (χ2n) is 23.5. The van der Waals surface area contributed by atoms with E-state index in [4.69, 9.17) is 4.74 Å². The van der Waals surface area contributed by atoms with Gasteiger partial charge in [0.05, 0.1) is 25.4 Å². The average Bonchev–Trinajstić information content (AvgIpc) is 3.41. The molecule has 0 aromatic heterocycles. The first-order valence-corrected chi connectivity index (χ1v) is 34.1. The molecule has 0 saturated heterocycles. The lowest BCUT2D eigenvalue weighted by molar-refractivity contribution is -0.143. The largest absolute Gasteiger partial charge is 0.466 e. The van der Waals surface area contributed by atoms with Crippen molar-refractivity contribution in [3.8, 4) is 0 Å². The van der Waals surface area contributed by atoms with E-state index in [0.29, 0.717) is 25.9 Å². The Morgan fingerprint density at radius 2 is 0.667 bits per heavy atom. The number of unbranched alkanes of at least 4 members (excludes halogenated alkanes) is 49. The number of rotatable bonds is 64. The first-order valence-electron chi connectivity index (χ1n) is 34.1. The lowest BCUT2D eigenvalue weighted by atomic mass is 10.0. The third kappa shape index (κ3) is 61.4. The Labute approximate surface area is 469 Å². The van der Waals surface area contributed by atoms with Gasteiger partial charge in [0.15, 0.2) is 0 Å². The number of allylic oxidation sites excluding steroid dienone is 4. The monoisotopic (exact) mass is 1060 g/mol. The van der Waals surface area contributed by atoms with Crippen LogP contribution in [0, 0.1) is 0 Å². The molecular weight excluding hydrogens is 923 g/mol. The fourth-order valence-corrected chi connectivity index (χ4v) is 10.8. The van der Waals surface area contributed by atoms with Gasteiger partial charge in [0.1, 0.15) is 0 Å². The van der Waals surface area contributed by atoms with Crippen molar-refractivity contribution in [1.82, 2.24) is 5.32 Å². The molecule has 0 aromatic rings. The minimum Gasteiger partial charge on any atom is -0.466 e. The van der Waals surface area contributed by atoms with Crippen LogP contribution in [0.5, 0.6) is 0 Å². The molecule has 6 heteroatoms. The molecule has 0 aromatic carbocycles. The maximum atomic E-state index is 12.5. The molecule has 6 nitrogen and oxygen atoms in total. The van der Waals surface area contributed by atoms with Crippen molar-refractivity contribution in [3.05, 3.63) is 24.3 Å². The topological polar surface area (TPSA) is 95.9 Å². The molecule has 0 aliphatic carbocycles. The third-order valence-electron chi connectivity index (χ3n) is 16.0. The number of carbonyl (C=O) groups is 2. The van der Waals surface area contributed by atoms with Gasteiger partial charge in [-0.3, -0.25) is 9.59 Å². The number of amides is 1. The molecule has 1 amide bonds. The van der Waals surface area contributed by atoms with Crippen LogP contribution in [0.2, 0.25) is 0 Å². The lowest BCUT2D eigenvalue weighted by Crippen LogP contribution is -2.45. The molecule has 0 radical (unpaired) electrons. The number of nitrogens with one attached hydrogen (secondary N) is 1. The van der Waals surface area contributed by atoms with Gasteiger partial charge in [-0.1, -0.05) is 334 Å². The number of carbonyl (C=O) groups excluding carboxylic acids is 2. The zero-order chi connectivity index (χ0) is 54.3. The van der Waals surface area contributed by atoms with Crippen molar-refractivity contribution in [2.45, 2.75) is 392 Å². The van der Waals surface area contributed by atoms with Crippen LogP contribution in [-0.4, -0.2) is 47.4 Å². The van der Waals surface area contributed by atoms with Crippen molar-refractivity contribution in [3.63, 3.8) is 0 Å². The quantitative estimate of drug-likeness (QED) is 0.0320. The van der Waals surface area contributed by atoms with E-state index in [2.05, 4.69) is 43.5 Å². The van der Waals surface area contributed by atoms with E-state index >= 15 is 0 Å². The van der Waals surface area contributed by atoms with Crippen molar-refractivity contribution in [2.75, 3.05) is 13.2 Å². The summed E-state index contributed by atoms with van der Waals surface area (Å²) in [5, 5.41) is 23.2. The summed E-state index contributed by atoms with van der Waals surface area (Å²) in [6, 6.07) is -0.539. The highest BCUT2D eigenvalue weighted by Gasteiger charge is 2.20. The normalized spacial score (nSPS) is 12.6. The number of aliphatic hydroxyl groups is 2. The summed E-state index contributed by atoms with van der Waals surface area (Å²) >= 11 is 0. The van der Waals surface area contributed by atoms with E-state index in [9.17, 15) is 19.8 Å². The van der Waals surface area contributed by atoms with E-state index in [1.807, 2.05) is 0 Å². The molecule has 0 aliphatic heterocycles. The van der Waals surface area contributed by atoms with E-state index in [-0.39, 0.29) is 18.5 Å². The molecular formula is C69H133NO5. The maximum Gasteiger partial charge on any atom is 0.305 e.